The third-order valence-corrected chi connectivity index (χ3v) is 5.30. The predicted molar refractivity (Wildman–Crippen MR) is 93.4 cm³/mol. The third kappa shape index (κ3) is 2.92. The molecule has 0 bridgehead atoms. The first-order chi connectivity index (χ1) is 12.5. The fourth-order valence-electron chi connectivity index (χ4n) is 2.85. The molecular weight excluding hydrogens is 360 g/mol. The highest BCUT2D eigenvalue weighted by molar-refractivity contribution is 7.83. The fraction of sp³-hybridized carbons (Fsp3) is 0.111. The van der Waals surface area contributed by atoms with Gasteiger partial charge in [0.25, 0.3) is 5.91 Å². The lowest BCUT2D eigenvalue weighted by molar-refractivity contribution is 0.102. The van der Waals surface area contributed by atoms with Crippen LogP contribution in [0.25, 0.3) is 5.69 Å². The van der Waals surface area contributed by atoms with Gasteiger partial charge in [-0.05, 0) is 36.4 Å². The minimum absolute atomic E-state index is 0.104. The summed E-state index contributed by atoms with van der Waals surface area (Å²) in [7, 11) is -1.09. The van der Waals surface area contributed by atoms with Gasteiger partial charge < -0.3 is 5.32 Å². The normalized spacial score (nSPS) is 15.7. The monoisotopic (exact) mass is 373 g/mol. The van der Waals surface area contributed by atoms with Gasteiger partial charge in [-0.25, -0.2) is 13.5 Å². The Morgan fingerprint density at radius 1 is 1.08 bits per heavy atom. The molecule has 26 heavy (non-hydrogen) atoms. The van der Waals surface area contributed by atoms with Crippen molar-refractivity contribution < 1.29 is 17.8 Å². The molecule has 2 aromatic carbocycles. The molecule has 0 fully saturated rings. The number of nitrogens with zero attached hydrogens (tertiary/aromatic N) is 2. The maximum atomic E-state index is 13.9. The number of hydrogen-bond donors (Lipinski definition) is 1. The number of halogens is 2. The fourth-order valence-corrected chi connectivity index (χ4v) is 4.11. The molecule has 0 saturated carbocycles. The van der Waals surface area contributed by atoms with Crippen molar-refractivity contribution in [2.75, 3.05) is 5.32 Å². The van der Waals surface area contributed by atoms with E-state index in [4.69, 9.17) is 0 Å². The van der Waals surface area contributed by atoms with E-state index in [1.807, 2.05) is 0 Å². The van der Waals surface area contributed by atoms with E-state index >= 15 is 0 Å². The summed E-state index contributed by atoms with van der Waals surface area (Å²) in [6.45, 7) is 0. The number of amides is 1. The number of fused-ring (bicyclic) bond motifs is 1. The highest BCUT2D eigenvalue weighted by Gasteiger charge is 2.28. The highest BCUT2D eigenvalue weighted by atomic mass is 32.2. The molecule has 0 spiro atoms. The molecule has 4 rings (SSSR count). The molecule has 1 aromatic heterocycles. The Morgan fingerprint density at radius 2 is 1.81 bits per heavy atom. The third-order valence-electron chi connectivity index (χ3n) is 4.09. The van der Waals surface area contributed by atoms with Crippen LogP contribution in [0.2, 0.25) is 0 Å². The zero-order valence-electron chi connectivity index (χ0n) is 13.4. The summed E-state index contributed by atoms with van der Waals surface area (Å²) in [4.78, 5) is 12.5. The Kier molecular flexibility index (Phi) is 4.12. The van der Waals surface area contributed by atoms with Gasteiger partial charge in [0.1, 0.15) is 17.5 Å². The smallest absolute Gasteiger partial charge is 0.259 e. The first-order valence-corrected chi connectivity index (χ1v) is 9.29. The lowest BCUT2D eigenvalue weighted by atomic mass is 10.2. The van der Waals surface area contributed by atoms with Crippen molar-refractivity contribution in [3.8, 4) is 5.69 Å². The van der Waals surface area contributed by atoms with Gasteiger partial charge in [0.05, 0.1) is 28.5 Å². The van der Waals surface area contributed by atoms with Crippen LogP contribution in [-0.4, -0.2) is 19.9 Å². The molecule has 0 saturated heterocycles. The molecule has 0 unspecified atom stereocenters. The number of nitrogens with one attached hydrogen (secondary N) is 1. The average Bonchev–Trinajstić information content (AvgIpc) is 3.13. The SMILES string of the molecule is O=C(Nc1c2c(nn1-c1ccc(F)cc1)C[S@@](=O)C2)c1ccccc1F. The van der Waals surface area contributed by atoms with Crippen LogP contribution >= 0.6 is 0 Å². The van der Waals surface area contributed by atoms with Gasteiger partial charge in [-0.1, -0.05) is 12.1 Å². The predicted octanol–water partition coefficient (Wildman–Crippen LogP) is 3.17. The van der Waals surface area contributed by atoms with E-state index in [1.54, 1.807) is 6.07 Å². The highest BCUT2D eigenvalue weighted by Crippen LogP contribution is 2.31. The van der Waals surface area contributed by atoms with Crippen LogP contribution < -0.4 is 5.32 Å². The van der Waals surface area contributed by atoms with Crippen LogP contribution in [0.1, 0.15) is 21.6 Å². The van der Waals surface area contributed by atoms with Gasteiger partial charge in [0.2, 0.25) is 0 Å². The molecule has 1 aliphatic heterocycles. The molecule has 0 aliphatic carbocycles. The van der Waals surface area contributed by atoms with Crippen molar-refractivity contribution in [3.63, 3.8) is 0 Å². The number of aromatic nitrogens is 2. The lowest BCUT2D eigenvalue weighted by Gasteiger charge is -2.11. The van der Waals surface area contributed by atoms with Gasteiger partial charge in [0, 0.05) is 16.4 Å². The molecule has 3 aromatic rings. The Morgan fingerprint density at radius 3 is 2.54 bits per heavy atom. The number of carbonyl (C=O) groups excluding carboxylic acids is 1. The van der Waals surface area contributed by atoms with Crippen LogP contribution in [0.15, 0.2) is 48.5 Å². The van der Waals surface area contributed by atoms with Crippen LogP contribution in [0.3, 0.4) is 0 Å². The molecule has 1 amide bonds. The van der Waals surface area contributed by atoms with Crippen molar-refractivity contribution in [1.82, 2.24) is 9.78 Å². The Balaban J connectivity index is 1.77. The maximum Gasteiger partial charge on any atom is 0.259 e. The molecule has 1 N–H and O–H groups in total. The standard InChI is InChI=1S/C18H13F2N3O2S/c19-11-5-7-12(8-6-11)23-17(14-9-26(25)10-16(14)22-23)21-18(24)13-3-1-2-4-15(13)20/h1-8H,9-10H2,(H,21,24)/t26-/m0/s1. The number of benzene rings is 2. The van der Waals surface area contributed by atoms with E-state index in [1.165, 1.54) is 47.1 Å². The molecule has 132 valence electrons. The van der Waals surface area contributed by atoms with Gasteiger partial charge in [-0.3, -0.25) is 9.00 Å². The zero-order valence-corrected chi connectivity index (χ0v) is 14.2. The van der Waals surface area contributed by atoms with Gasteiger partial charge >= 0.3 is 0 Å². The van der Waals surface area contributed by atoms with Crippen molar-refractivity contribution in [2.24, 2.45) is 0 Å². The molecular formula is C18H13F2N3O2S. The Bertz CT molecular complexity index is 1030. The van der Waals surface area contributed by atoms with Crippen LogP contribution in [-0.2, 0) is 22.3 Å². The summed E-state index contributed by atoms with van der Waals surface area (Å²) in [6.07, 6.45) is 0. The van der Waals surface area contributed by atoms with Gasteiger partial charge in [0.15, 0.2) is 0 Å². The van der Waals surface area contributed by atoms with E-state index in [0.717, 1.165) is 0 Å². The van der Waals surface area contributed by atoms with E-state index in [9.17, 15) is 17.8 Å². The summed E-state index contributed by atoms with van der Waals surface area (Å²) in [5, 5.41) is 7.08. The minimum Gasteiger partial charge on any atom is -0.306 e. The average molecular weight is 373 g/mol. The van der Waals surface area contributed by atoms with E-state index in [2.05, 4.69) is 10.4 Å². The Hall–Kier alpha value is -2.87. The Labute approximate surface area is 150 Å². The second-order valence-corrected chi connectivity index (χ2v) is 7.28. The van der Waals surface area contributed by atoms with Gasteiger partial charge in [-0.15, -0.1) is 0 Å². The number of carbonyl (C=O) groups is 1. The van der Waals surface area contributed by atoms with Crippen molar-refractivity contribution in [1.29, 1.82) is 0 Å². The van der Waals surface area contributed by atoms with Crippen LogP contribution in [0.5, 0.6) is 0 Å². The van der Waals surface area contributed by atoms with Crippen molar-refractivity contribution >= 4 is 22.5 Å². The first-order valence-electron chi connectivity index (χ1n) is 7.80. The second-order valence-electron chi connectivity index (χ2n) is 5.82. The molecule has 1 aliphatic rings. The molecule has 8 heteroatoms. The quantitative estimate of drug-likeness (QED) is 0.767. The summed E-state index contributed by atoms with van der Waals surface area (Å²) in [5.74, 6) is -0.808. The lowest BCUT2D eigenvalue weighted by Crippen LogP contribution is -2.17. The maximum absolute atomic E-state index is 13.9. The minimum atomic E-state index is -1.09. The second kappa shape index (κ2) is 6.45. The van der Waals surface area contributed by atoms with E-state index in [-0.39, 0.29) is 17.1 Å². The number of rotatable bonds is 3. The molecule has 2 heterocycles. The van der Waals surface area contributed by atoms with Gasteiger partial charge in [-0.2, -0.15) is 5.10 Å². The largest absolute Gasteiger partial charge is 0.306 e. The van der Waals surface area contributed by atoms with Crippen molar-refractivity contribution in [3.05, 3.63) is 77.0 Å². The summed E-state index contributed by atoms with van der Waals surface area (Å²) in [5.41, 5.74) is 1.69. The molecule has 5 nitrogen and oxygen atoms in total. The topological polar surface area (TPSA) is 64.0 Å². The van der Waals surface area contributed by atoms with E-state index < -0.39 is 28.3 Å². The number of anilines is 1. The molecule has 0 radical (unpaired) electrons. The first kappa shape index (κ1) is 16.6. The summed E-state index contributed by atoms with van der Waals surface area (Å²) >= 11 is 0. The zero-order chi connectivity index (χ0) is 18.3. The van der Waals surface area contributed by atoms with Crippen LogP contribution in [0.4, 0.5) is 14.6 Å². The number of hydrogen-bond acceptors (Lipinski definition) is 3. The van der Waals surface area contributed by atoms with E-state index in [0.29, 0.717) is 22.8 Å². The van der Waals surface area contributed by atoms with Crippen LogP contribution in [0, 0.1) is 11.6 Å². The summed E-state index contributed by atoms with van der Waals surface area (Å²) in [6, 6.07) is 11.2. The van der Waals surface area contributed by atoms with Crippen molar-refractivity contribution in [2.45, 2.75) is 11.5 Å². The summed E-state index contributed by atoms with van der Waals surface area (Å²) < 4.78 is 40.4. The molecule has 1 atom stereocenters.